The van der Waals surface area contributed by atoms with Crippen LogP contribution in [0.15, 0.2) is 24.3 Å². The van der Waals surface area contributed by atoms with Crippen LogP contribution in [0.5, 0.6) is 0 Å². The number of hydrogen-bond acceptors (Lipinski definition) is 4. The predicted octanol–water partition coefficient (Wildman–Crippen LogP) is 2.51. The Bertz CT molecular complexity index is 835. The number of anilines is 1. The number of fused-ring (bicyclic) bond motifs is 1. The van der Waals surface area contributed by atoms with E-state index >= 15 is 0 Å². The first-order valence-electron chi connectivity index (χ1n) is 8.33. The Hall–Kier alpha value is -3.03. The molecule has 0 radical (unpaired) electrons. The van der Waals surface area contributed by atoms with E-state index in [1.54, 1.807) is 52.0 Å². The third-order valence-electron chi connectivity index (χ3n) is 3.62. The van der Waals surface area contributed by atoms with Crippen molar-refractivity contribution in [2.45, 2.75) is 45.8 Å². The van der Waals surface area contributed by atoms with Crippen molar-refractivity contribution in [1.29, 1.82) is 0 Å². The Morgan fingerprint density at radius 3 is 2.46 bits per heavy atom. The average molecular weight is 360 g/mol. The number of carbonyl (C=O) groups excluding carboxylic acids is 3. The van der Waals surface area contributed by atoms with Crippen molar-refractivity contribution in [3.05, 3.63) is 30.0 Å². The molecule has 3 amide bonds. The van der Waals surface area contributed by atoms with Crippen LogP contribution in [0.25, 0.3) is 10.9 Å². The van der Waals surface area contributed by atoms with E-state index in [9.17, 15) is 14.4 Å². The van der Waals surface area contributed by atoms with Crippen LogP contribution < -0.4 is 16.4 Å². The van der Waals surface area contributed by atoms with Gasteiger partial charge in [-0.15, -0.1) is 0 Å². The first-order chi connectivity index (χ1) is 12.1. The summed E-state index contributed by atoms with van der Waals surface area (Å²) in [6, 6.07) is 6.30. The largest absolute Gasteiger partial charge is 0.444 e. The number of aromatic amines is 1. The third kappa shape index (κ3) is 4.53. The number of alkyl carbamates (subject to hydrolysis) is 1. The minimum absolute atomic E-state index is 0.103. The Morgan fingerprint density at radius 2 is 1.88 bits per heavy atom. The van der Waals surface area contributed by atoms with Crippen LogP contribution in [0.3, 0.4) is 0 Å². The molecule has 0 spiro atoms. The van der Waals surface area contributed by atoms with Gasteiger partial charge in [-0.1, -0.05) is 25.1 Å². The molecule has 0 fully saturated rings. The Kier molecular flexibility index (Phi) is 5.54. The molecule has 0 saturated carbocycles. The summed E-state index contributed by atoms with van der Waals surface area (Å²) in [4.78, 5) is 39.1. The molecule has 1 aromatic heterocycles. The predicted molar refractivity (Wildman–Crippen MR) is 98.9 cm³/mol. The highest BCUT2D eigenvalue weighted by Crippen LogP contribution is 2.27. The van der Waals surface area contributed by atoms with Crippen LogP contribution in [0.1, 0.15) is 44.6 Å². The smallest absolute Gasteiger partial charge is 0.408 e. The lowest BCUT2D eigenvalue weighted by atomic mass is 10.1. The zero-order chi connectivity index (χ0) is 19.5. The minimum atomic E-state index is -0.820. The summed E-state index contributed by atoms with van der Waals surface area (Å²) in [6.45, 7) is 6.96. The molecule has 1 unspecified atom stereocenters. The van der Waals surface area contributed by atoms with E-state index in [4.69, 9.17) is 10.5 Å². The second-order valence-corrected chi connectivity index (χ2v) is 6.88. The number of hydrogen-bond donors (Lipinski definition) is 4. The van der Waals surface area contributed by atoms with E-state index in [0.29, 0.717) is 23.0 Å². The standard InChI is InChI=1S/C18H24N4O4/c1-5-11(21-17(25)26-18(2,3)4)16(24)22-13-10-8-6-7-9-12(10)20-14(13)15(19)23/h6-9,11,20H,5H2,1-4H3,(H2,19,23)(H,21,25)(H,22,24). The molecule has 26 heavy (non-hydrogen) atoms. The summed E-state index contributed by atoms with van der Waals surface area (Å²) in [5, 5.41) is 5.88. The summed E-state index contributed by atoms with van der Waals surface area (Å²) >= 11 is 0. The number of H-pyrrole nitrogens is 1. The molecule has 0 aliphatic rings. The van der Waals surface area contributed by atoms with Gasteiger partial charge >= 0.3 is 6.09 Å². The quantitative estimate of drug-likeness (QED) is 0.653. The molecule has 8 heteroatoms. The number of primary amides is 1. The number of benzene rings is 1. The molecule has 1 heterocycles. The van der Waals surface area contributed by atoms with Gasteiger partial charge in [0, 0.05) is 10.9 Å². The van der Waals surface area contributed by atoms with Crippen molar-refractivity contribution in [2.75, 3.05) is 5.32 Å². The molecule has 140 valence electrons. The molecule has 0 saturated heterocycles. The lowest BCUT2D eigenvalue weighted by Crippen LogP contribution is -2.45. The maximum Gasteiger partial charge on any atom is 0.408 e. The molecule has 1 atom stereocenters. The molecule has 2 aromatic rings. The van der Waals surface area contributed by atoms with Crippen LogP contribution in [0.2, 0.25) is 0 Å². The number of rotatable bonds is 5. The van der Waals surface area contributed by atoms with Gasteiger partial charge in [-0.3, -0.25) is 9.59 Å². The fourth-order valence-electron chi connectivity index (χ4n) is 2.47. The number of nitrogens with one attached hydrogen (secondary N) is 3. The molecule has 0 bridgehead atoms. The van der Waals surface area contributed by atoms with Crippen LogP contribution in [0, 0.1) is 0 Å². The van der Waals surface area contributed by atoms with E-state index in [-0.39, 0.29) is 5.69 Å². The zero-order valence-electron chi connectivity index (χ0n) is 15.3. The highest BCUT2D eigenvalue weighted by atomic mass is 16.6. The molecule has 0 aliphatic heterocycles. The minimum Gasteiger partial charge on any atom is -0.444 e. The van der Waals surface area contributed by atoms with Crippen molar-refractivity contribution in [1.82, 2.24) is 10.3 Å². The lowest BCUT2D eigenvalue weighted by molar-refractivity contribution is -0.118. The summed E-state index contributed by atoms with van der Waals surface area (Å²) in [5.41, 5.74) is 5.80. The van der Waals surface area contributed by atoms with Crippen molar-refractivity contribution in [3.63, 3.8) is 0 Å². The van der Waals surface area contributed by atoms with E-state index < -0.39 is 29.6 Å². The fraction of sp³-hybridized carbons (Fsp3) is 0.389. The van der Waals surface area contributed by atoms with Crippen LogP contribution in [-0.4, -0.2) is 34.5 Å². The highest BCUT2D eigenvalue weighted by molar-refractivity contribution is 6.12. The molecular formula is C18H24N4O4. The van der Waals surface area contributed by atoms with Gasteiger partial charge in [-0.2, -0.15) is 0 Å². The molecular weight excluding hydrogens is 336 g/mol. The summed E-state index contributed by atoms with van der Waals surface area (Å²) in [6.07, 6.45) is -0.340. The first kappa shape index (κ1) is 19.3. The molecule has 2 rings (SSSR count). The van der Waals surface area contributed by atoms with Crippen molar-refractivity contribution >= 4 is 34.5 Å². The average Bonchev–Trinajstić information content (AvgIpc) is 2.90. The topological polar surface area (TPSA) is 126 Å². The second kappa shape index (κ2) is 7.47. The Balaban J connectivity index is 2.22. The second-order valence-electron chi connectivity index (χ2n) is 6.88. The van der Waals surface area contributed by atoms with Gasteiger partial charge < -0.3 is 26.1 Å². The van der Waals surface area contributed by atoms with Crippen LogP contribution >= 0.6 is 0 Å². The number of amides is 3. The molecule has 1 aromatic carbocycles. The normalized spacial score (nSPS) is 12.5. The van der Waals surface area contributed by atoms with Crippen molar-refractivity contribution in [2.24, 2.45) is 5.73 Å². The number of ether oxygens (including phenoxy) is 1. The summed E-state index contributed by atoms with van der Waals surface area (Å²) in [7, 11) is 0. The Morgan fingerprint density at radius 1 is 1.23 bits per heavy atom. The number of aromatic nitrogens is 1. The highest BCUT2D eigenvalue weighted by Gasteiger charge is 2.25. The van der Waals surface area contributed by atoms with Gasteiger partial charge in [-0.05, 0) is 33.3 Å². The van der Waals surface area contributed by atoms with Gasteiger partial charge in [0.15, 0.2) is 0 Å². The zero-order valence-corrected chi connectivity index (χ0v) is 15.3. The lowest BCUT2D eigenvalue weighted by Gasteiger charge is -2.22. The fourth-order valence-corrected chi connectivity index (χ4v) is 2.47. The van der Waals surface area contributed by atoms with Crippen LogP contribution in [0.4, 0.5) is 10.5 Å². The third-order valence-corrected chi connectivity index (χ3v) is 3.62. The van der Waals surface area contributed by atoms with E-state index in [0.717, 1.165) is 0 Å². The van der Waals surface area contributed by atoms with Gasteiger partial charge in [0.2, 0.25) is 5.91 Å². The SMILES string of the molecule is CCC(NC(=O)OC(C)(C)C)C(=O)Nc1c(C(N)=O)[nH]c2ccccc12. The monoisotopic (exact) mass is 360 g/mol. The van der Waals surface area contributed by atoms with E-state index in [2.05, 4.69) is 15.6 Å². The number of para-hydroxylation sites is 1. The molecule has 8 nitrogen and oxygen atoms in total. The summed E-state index contributed by atoms with van der Waals surface area (Å²) in [5.74, 6) is -1.16. The summed E-state index contributed by atoms with van der Waals surface area (Å²) < 4.78 is 5.18. The number of nitrogens with two attached hydrogens (primary N) is 1. The first-order valence-corrected chi connectivity index (χ1v) is 8.33. The van der Waals surface area contributed by atoms with E-state index in [1.165, 1.54) is 0 Å². The van der Waals surface area contributed by atoms with E-state index in [1.807, 2.05) is 0 Å². The van der Waals surface area contributed by atoms with Crippen molar-refractivity contribution in [3.8, 4) is 0 Å². The maximum atomic E-state index is 12.6. The number of carbonyl (C=O) groups is 3. The Labute approximate surface area is 151 Å². The van der Waals surface area contributed by atoms with Gasteiger partial charge in [0.1, 0.15) is 17.3 Å². The molecule has 5 N–H and O–H groups in total. The van der Waals surface area contributed by atoms with Crippen LogP contribution in [-0.2, 0) is 9.53 Å². The van der Waals surface area contributed by atoms with Crippen molar-refractivity contribution < 1.29 is 19.1 Å². The van der Waals surface area contributed by atoms with Gasteiger partial charge in [-0.25, -0.2) is 4.79 Å². The molecule has 0 aliphatic carbocycles. The van der Waals surface area contributed by atoms with Gasteiger partial charge in [0.25, 0.3) is 5.91 Å². The van der Waals surface area contributed by atoms with Gasteiger partial charge in [0.05, 0.1) is 5.69 Å². The maximum absolute atomic E-state index is 12.6.